The summed E-state index contributed by atoms with van der Waals surface area (Å²) in [6, 6.07) is 5.37. The fourth-order valence-corrected chi connectivity index (χ4v) is 3.75. The van der Waals surface area contributed by atoms with E-state index in [0.717, 1.165) is 44.6 Å². The van der Waals surface area contributed by atoms with Crippen molar-refractivity contribution in [1.29, 1.82) is 0 Å². The highest BCUT2D eigenvalue weighted by molar-refractivity contribution is 6.03. The number of carbonyl (C=O) groups excluding carboxylic acids is 2. The first-order chi connectivity index (χ1) is 11.9. The third kappa shape index (κ3) is 3.79. The lowest BCUT2D eigenvalue weighted by Gasteiger charge is -2.39. The van der Waals surface area contributed by atoms with Crippen molar-refractivity contribution in [1.82, 2.24) is 15.1 Å². The number of hydrogen-bond acceptors (Lipinski definition) is 3. The fourth-order valence-electron chi connectivity index (χ4n) is 3.75. The summed E-state index contributed by atoms with van der Waals surface area (Å²) < 4.78 is 0. The maximum Gasteiger partial charge on any atom is 0.321 e. The van der Waals surface area contributed by atoms with E-state index in [2.05, 4.69) is 10.6 Å². The normalized spacial score (nSPS) is 19.1. The van der Waals surface area contributed by atoms with Crippen LogP contribution in [0.2, 0.25) is 0 Å². The van der Waals surface area contributed by atoms with Crippen molar-refractivity contribution >= 4 is 17.6 Å². The van der Waals surface area contributed by atoms with Crippen LogP contribution in [0.3, 0.4) is 0 Å². The summed E-state index contributed by atoms with van der Waals surface area (Å²) in [7, 11) is 3.37. The van der Waals surface area contributed by atoms with Crippen LogP contribution in [0.15, 0.2) is 18.2 Å². The molecule has 0 aliphatic carbocycles. The van der Waals surface area contributed by atoms with Crippen LogP contribution in [0.4, 0.5) is 10.5 Å². The highest BCUT2D eigenvalue weighted by Crippen LogP contribution is 2.37. The molecule has 1 spiro atoms. The van der Waals surface area contributed by atoms with Gasteiger partial charge in [0.05, 0.1) is 11.3 Å². The number of aryl methyl sites for hydroxylation is 1. The molecule has 0 bridgehead atoms. The van der Waals surface area contributed by atoms with Gasteiger partial charge in [-0.05, 0) is 50.3 Å². The molecule has 3 rings (SSSR count). The standard InChI is InChI=1S/C19H28N4O2/c1-14-4-5-16(21-18(25)22(2)3)15(12-14)17(24)23-10-7-19(8-11-23)6-9-20-13-19/h4-5,12,20H,6-11,13H2,1-3H3,(H,21,25). The molecule has 6 nitrogen and oxygen atoms in total. The van der Waals surface area contributed by atoms with Crippen LogP contribution in [-0.2, 0) is 0 Å². The molecule has 2 N–H and O–H groups in total. The van der Waals surface area contributed by atoms with Crippen LogP contribution in [0, 0.1) is 12.3 Å². The number of hydrogen-bond donors (Lipinski definition) is 2. The van der Waals surface area contributed by atoms with Crippen molar-refractivity contribution in [2.24, 2.45) is 5.41 Å². The quantitative estimate of drug-likeness (QED) is 0.865. The smallest absolute Gasteiger partial charge is 0.321 e. The van der Waals surface area contributed by atoms with Crippen molar-refractivity contribution < 1.29 is 9.59 Å². The van der Waals surface area contributed by atoms with Gasteiger partial charge in [-0.15, -0.1) is 0 Å². The molecule has 25 heavy (non-hydrogen) atoms. The Morgan fingerprint density at radius 1 is 1.20 bits per heavy atom. The van der Waals surface area contributed by atoms with Gasteiger partial charge in [0.15, 0.2) is 0 Å². The minimum atomic E-state index is -0.229. The number of carbonyl (C=O) groups is 2. The summed E-state index contributed by atoms with van der Waals surface area (Å²) in [6.07, 6.45) is 3.32. The van der Waals surface area contributed by atoms with Crippen LogP contribution in [0.1, 0.15) is 35.2 Å². The lowest BCUT2D eigenvalue weighted by molar-refractivity contribution is 0.0608. The maximum absolute atomic E-state index is 13.1. The van der Waals surface area contributed by atoms with E-state index in [9.17, 15) is 9.59 Å². The van der Waals surface area contributed by atoms with E-state index in [-0.39, 0.29) is 11.9 Å². The SMILES string of the molecule is Cc1ccc(NC(=O)N(C)C)c(C(=O)N2CCC3(CCNC3)CC2)c1. The number of amides is 3. The van der Waals surface area contributed by atoms with Crippen molar-refractivity contribution in [3.63, 3.8) is 0 Å². The molecule has 2 aliphatic rings. The number of urea groups is 1. The second kappa shape index (κ2) is 7.04. The van der Waals surface area contributed by atoms with Gasteiger partial charge < -0.3 is 20.4 Å². The molecule has 0 unspecified atom stereocenters. The average Bonchev–Trinajstić information content (AvgIpc) is 3.04. The number of piperidine rings is 1. The van der Waals surface area contributed by atoms with Crippen LogP contribution < -0.4 is 10.6 Å². The van der Waals surface area contributed by atoms with Gasteiger partial charge in [0, 0.05) is 33.7 Å². The van der Waals surface area contributed by atoms with E-state index >= 15 is 0 Å². The molecule has 2 heterocycles. The van der Waals surface area contributed by atoms with E-state index in [4.69, 9.17) is 0 Å². The summed E-state index contributed by atoms with van der Waals surface area (Å²) in [4.78, 5) is 28.5. The van der Waals surface area contributed by atoms with E-state index < -0.39 is 0 Å². The molecule has 1 aromatic rings. The molecule has 0 radical (unpaired) electrons. The molecule has 136 valence electrons. The Labute approximate surface area is 149 Å². The first kappa shape index (κ1) is 17.7. The zero-order valence-electron chi connectivity index (χ0n) is 15.4. The molecule has 2 aliphatic heterocycles. The van der Waals surface area contributed by atoms with E-state index in [1.54, 1.807) is 14.1 Å². The number of rotatable bonds is 2. The Morgan fingerprint density at radius 2 is 1.92 bits per heavy atom. The second-order valence-electron chi connectivity index (χ2n) is 7.59. The van der Waals surface area contributed by atoms with Gasteiger partial charge >= 0.3 is 6.03 Å². The van der Waals surface area contributed by atoms with Crippen LogP contribution in [0.5, 0.6) is 0 Å². The highest BCUT2D eigenvalue weighted by Gasteiger charge is 2.38. The van der Waals surface area contributed by atoms with Crippen molar-refractivity contribution in [3.05, 3.63) is 29.3 Å². The van der Waals surface area contributed by atoms with Gasteiger partial charge in [0.1, 0.15) is 0 Å². The van der Waals surface area contributed by atoms with E-state index in [1.165, 1.54) is 11.3 Å². The van der Waals surface area contributed by atoms with Crippen molar-refractivity contribution in [3.8, 4) is 0 Å². The number of nitrogens with zero attached hydrogens (tertiary/aromatic N) is 2. The van der Waals surface area contributed by atoms with Gasteiger partial charge in [-0.2, -0.15) is 0 Å². The zero-order chi connectivity index (χ0) is 18.0. The van der Waals surface area contributed by atoms with Gasteiger partial charge in [-0.25, -0.2) is 4.79 Å². The zero-order valence-corrected chi connectivity index (χ0v) is 15.4. The van der Waals surface area contributed by atoms with Crippen LogP contribution >= 0.6 is 0 Å². The summed E-state index contributed by atoms with van der Waals surface area (Å²) in [6.45, 7) is 5.70. The van der Waals surface area contributed by atoms with Gasteiger partial charge in [-0.3, -0.25) is 4.79 Å². The first-order valence-electron chi connectivity index (χ1n) is 8.99. The predicted molar refractivity (Wildman–Crippen MR) is 98.9 cm³/mol. The van der Waals surface area contributed by atoms with Crippen molar-refractivity contribution in [2.45, 2.75) is 26.2 Å². The number of benzene rings is 1. The number of nitrogens with one attached hydrogen (secondary N) is 2. The molecule has 0 saturated carbocycles. The highest BCUT2D eigenvalue weighted by atomic mass is 16.2. The minimum Gasteiger partial charge on any atom is -0.339 e. The fraction of sp³-hybridized carbons (Fsp3) is 0.579. The van der Waals surface area contributed by atoms with Crippen molar-refractivity contribution in [2.75, 3.05) is 45.6 Å². The lowest BCUT2D eigenvalue weighted by atomic mass is 9.77. The summed E-state index contributed by atoms with van der Waals surface area (Å²) in [5.41, 5.74) is 2.55. The van der Waals surface area contributed by atoms with E-state index in [0.29, 0.717) is 16.7 Å². The second-order valence-corrected chi connectivity index (χ2v) is 7.59. The van der Waals surface area contributed by atoms with E-state index in [1.807, 2.05) is 30.0 Å². The first-order valence-corrected chi connectivity index (χ1v) is 8.99. The summed E-state index contributed by atoms with van der Waals surface area (Å²) in [5, 5.41) is 6.29. The molecule has 2 saturated heterocycles. The topological polar surface area (TPSA) is 64.7 Å². The Kier molecular flexibility index (Phi) is 4.99. The Bertz CT molecular complexity index is 655. The van der Waals surface area contributed by atoms with Gasteiger partial charge in [0.2, 0.25) is 0 Å². The number of anilines is 1. The molecule has 0 aromatic heterocycles. The molecular formula is C19H28N4O2. The lowest BCUT2D eigenvalue weighted by Crippen LogP contribution is -2.44. The molecule has 1 aromatic carbocycles. The molecular weight excluding hydrogens is 316 g/mol. The average molecular weight is 344 g/mol. The predicted octanol–water partition coefficient (Wildman–Crippen LogP) is 2.30. The molecule has 0 atom stereocenters. The molecule has 3 amide bonds. The largest absolute Gasteiger partial charge is 0.339 e. The molecule has 2 fully saturated rings. The maximum atomic E-state index is 13.1. The molecule has 6 heteroatoms. The Balaban J connectivity index is 1.75. The van der Waals surface area contributed by atoms with Gasteiger partial charge in [-0.1, -0.05) is 11.6 Å². The number of likely N-dealkylation sites (tertiary alicyclic amines) is 1. The Morgan fingerprint density at radius 3 is 2.52 bits per heavy atom. The minimum absolute atomic E-state index is 0.0126. The van der Waals surface area contributed by atoms with Crippen LogP contribution in [0.25, 0.3) is 0 Å². The summed E-state index contributed by atoms with van der Waals surface area (Å²) >= 11 is 0. The third-order valence-electron chi connectivity index (χ3n) is 5.50. The third-order valence-corrected chi connectivity index (χ3v) is 5.50. The summed E-state index contributed by atoms with van der Waals surface area (Å²) in [5.74, 6) is 0.0126. The van der Waals surface area contributed by atoms with Gasteiger partial charge in [0.25, 0.3) is 5.91 Å². The Hall–Kier alpha value is -2.08. The van der Waals surface area contributed by atoms with Crippen LogP contribution in [-0.4, -0.2) is 62.0 Å². The monoisotopic (exact) mass is 344 g/mol.